The Kier molecular flexibility index (Phi) is 4.76. The summed E-state index contributed by atoms with van der Waals surface area (Å²) in [5, 5.41) is 12.9. The highest BCUT2D eigenvalue weighted by Crippen LogP contribution is 2.30. The average molecular weight is 270 g/mol. The van der Waals surface area contributed by atoms with E-state index in [0.29, 0.717) is 13.5 Å². The highest BCUT2D eigenvalue weighted by molar-refractivity contribution is 5.92. The van der Waals surface area contributed by atoms with Gasteiger partial charge in [0.1, 0.15) is 0 Å². The molecule has 0 heterocycles. The van der Waals surface area contributed by atoms with Crippen molar-refractivity contribution in [3.05, 3.63) is 0 Å². The van der Waals surface area contributed by atoms with Crippen LogP contribution >= 0.6 is 0 Å². The number of hydrogen-bond donors (Lipinski definition) is 3. The Labute approximate surface area is 103 Å². The smallest absolute Gasteiger partial charge is 0.422 e. The highest BCUT2D eigenvalue weighted by Gasteiger charge is 2.59. The van der Waals surface area contributed by atoms with Gasteiger partial charge in [-0.3, -0.25) is 4.79 Å². The van der Waals surface area contributed by atoms with Gasteiger partial charge in [-0.05, 0) is 27.3 Å². The fraction of sp³-hybridized carbons (Fsp3) is 0.800. The van der Waals surface area contributed by atoms with Crippen molar-refractivity contribution in [1.82, 2.24) is 10.6 Å². The van der Waals surface area contributed by atoms with E-state index in [1.54, 1.807) is 6.92 Å². The molecule has 0 radical (unpaired) electrons. The normalized spacial score (nSPS) is 15.9. The van der Waals surface area contributed by atoms with Gasteiger partial charge in [0.05, 0.1) is 5.54 Å². The number of alkyl halides is 3. The molecule has 0 aliphatic heterocycles. The van der Waals surface area contributed by atoms with Crippen LogP contribution < -0.4 is 10.6 Å². The molecule has 3 N–H and O–H groups in total. The molecule has 1 atom stereocenters. The number of amides is 1. The number of hydrogen-bond acceptors (Lipinski definition) is 3. The number of halogens is 3. The van der Waals surface area contributed by atoms with Gasteiger partial charge in [0, 0.05) is 0 Å². The maximum atomic E-state index is 12.7. The van der Waals surface area contributed by atoms with Crippen LogP contribution in [0.2, 0.25) is 0 Å². The zero-order chi connectivity index (χ0) is 14.8. The third-order valence-electron chi connectivity index (χ3n) is 2.54. The summed E-state index contributed by atoms with van der Waals surface area (Å²) in [6.45, 7) is 5.18. The molecule has 0 bridgehead atoms. The maximum Gasteiger partial charge on any atom is 0.422 e. The topological polar surface area (TPSA) is 78.4 Å². The maximum absolute atomic E-state index is 12.7. The summed E-state index contributed by atoms with van der Waals surface area (Å²) >= 11 is 0. The van der Waals surface area contributed by atoms with Gasteiger partial charge in [0.2, 0.25) is 11.4 Å². The largest absolute Gasteiger partial charge is 0.479 e. The molecule has 1 unspecified atom stereocenters. The van der Waals surface area contributed by atoms with Gasteiger partial charge in [0.15, 0.2) is 0 Å². The first-order valence-electron chi connectivity index (χ1n) is 5.26. The van der Waals surface area contributed by atoms with Crippen LogP contribution in [0.4, 0.5) is 13.2 Å². The predicted octanol–water partition coefficient (Wildman–Crippen LogP) is 0.896. The number of carbonyl (C=O) groups is 2. The van der Waals surface area contributed by atoms with E-state index >= 15 is 0 Å². The lowest BCUT2D eigenvalue weighted by molar-refractivity contribution is -0.207. The third-order valence-corrected chi connectivity index (χ3v) is 2.54. The fourth-order valence-electron chi connectivity index (χ4n) is 1.15. The van der Waals surface area contributed by atoms with Crippen LogP contribution in [0.1, 0.15) is 27.7 Å². The second-order valence-electron chi connectivity index (χ2n) is 4.54. The van der Waals surface area contributed by atoms with Crippen molar-refractivity contribution < 1.29 is 27.9 Å². The monoisotopic (exact) mass is 270 g/mol. The zero-order valence-corrected chi connectivity index (χ0v) is 10.6. The van der Waals surface area contributed by atoms with E-state index < -0.39 is 29.1 Å². The molecule has 0 saturated heterocycles. The lowest BCUT2D eigenvalue weighted by Crippen LogP contribution is -2.66. The second-order valence-corrected chi connectivity index (χ2v) is 4.54. The minimum atomic E-state index is -5.09. The lowest BCUT2D eigenvalue weighted by Gasteiger charge is -2.33. The van der Waals surface area contributed by atoms with Crippen LogP contribution in [0.5, 0.6) is 0 Å². The van der Waals surface area contributed by atoms with Crippen LogP contribution in [0.25, 0.3) is 0 Å². The predicted molar refractivity (Wildman–Crippen MR) is 58.0 cm³/mol. The summed E-state index contributed by atoms with van der Waals surface area (Å²) in [4.78, 5) is 22.4. The van der Waals surface area contributed by atoms with Crippen LogP contribution in [0.15, 0.2) is 0 Å². The Morgan fingerprint density at radius 1 is 1.17 bits per heavy atom. The summed E-state index contributed by atoms with van der Waals surface area (Å²) in [6, 6.07) is 0. The summed E-state index contributed by atoms with van der Waals surface area (Å²) in [5.41, 5.74) is -4.60. The van der Waals surface area contributed by atoms with Gasteiger partial charge in [0.25, 0.3) is 0 Å². The molecule has 0 fully saturated rings. The van der Waals surface area contributed by atoms with Crippen molar-refractivity contribution >= 4 is 11.9 Å². The van der Waals surface area contributed by atoms with Crippen molar-refractivity contribution in [2.24, 2.45) is 0 Å². The molecule has 0 aromatic heterocycles. The van der Waals surface area contributed by atoms with Crippen molar-refractivity contribution in [2.75, 3.05) is 6.54 Å². The first kappa shape index (κ1) is 16.7. The van der Waals surface area contributed by atoms with Crippen molar-refractivity contribution in [1.29, 1.82) is 0 Å². The summed E-state index contributed by atoms with van der Waals surface area (Å²) in [6.07, 6.45) is -5.09. The second kappa shape index (κ2) is 5.13. The Morgan fingerprint density at radius 2 is 1.61 bits per heavy atom. The SMILES string of the molecule is CCNC(C)(C)C(=O)NC(C)(C(=O)O)C(F)(F)F. The van der Waals surface area contributed by atoms with E-state index in [9.17, 15) is 22.8 Å². The molecular formula is C10H17F3N2O3. The molecule has 0 spiro atoms. The molecule has 1 amide bonds. The quantitative estimate of drug-likeness (QED) is 0.693. The molecule has 18 heavy (non-hydrogen) atoms. The van der Waals surface area contributed by atoms with Crippen molar-refractivity contribution in [3.63, 3.8) is 0 Å². The summed E-state index contributed by atoms with van der Waals surface area (Å²) in [7, 11) is 0. The van der Waals surface area contributed by atoms with E-state index in [1.165, 1.54) is 19.2 Å². The van der Waals surface area contributed by atoms with Gasteiger partial charge in [-0.15, -0.1) is 0 Å². The number of carbonyl (C=O) groups excluding carboxylic acids is 1. The Morgan fingerprint density at radius 3 is 1.89 bits per heavy atom. The molecular weight excluding hydrogens is 253 g/mol. The van der Waals surface area contributed by atoms with E-state index in [2.05, 4.69) is 5.32 Å². The van der Waals surface area contributed by atoms with Gasteiger partial charge in [-0.1, -0.05) is 6.92 Å². The molecule has 0 aliphatic carbocycles. The average Bonchev–Trinajstić information content (AvgIpc) is 2.15. The molecule has 0 rings (SSSR count). The van der Waals surface area contributed by atoms with Crippen LogP contribution in [0.3, 0.4) is 0 Å². The Bertz CT molecular complexity index is 342. The van der Waals surface area contributed by atoms with Crippen LogP contribution in [-0.4, -0.2) is 40.8 Å². The zero-order valence-electron chi connectivity index (χ0n) is 10.6. The molecule has 0 aromatic rings. The lowest BCUT2D eigenvalue weighted by atomic mass is 9.97. The molecule has 8 heteroatoms. The van der Waals surface area contributed by atoms with E-state index in [1.807, 2.05) is 0 Å². The first-order valence-corrected chi connectivity index (χ1v) is 5.26. The third kappa shape index (κ3) is 3.34. The number of rotatable bonds is 5. The van der Waals surface area contributed by atoms with Gasteiger partial charge in [-0.25, -0.2) is 4.79 Å². The molecule has 106 valence electrons. The van der Waals surface area contributed by atoms with E-state index in [0.717, 1.165) is 0 Å². The minimum Gasteiger partial charge on any atom is -0.479 e. The first-order chi connectivity index (χ1) is 7.88. The Hall–Kier alpha value is -1.31. The minimum absolute atomic E-state index is 0.357. The van der Waals surface area contributed by atoms with Crippen LogP contribution in [-0.2, 0) is 9.59 Å². The van der Waals surface area contributed by atoms with Crippen molar-refractivity contribution in [3.8, 4) is 0 Å². The number of likely N-dealkylation sites (N-methyl/N-ethyl adjacent to an activating group) is 1. The Balaban J connectivity index is 5.16. The number of carboxylic acid groups (broad SMARTS) is 1. The highest BCUT2D eigenvalue weighted by atomic mass is 19.4. The summed E-state index contributed by atoms with van der Waals surface area (Å²) < 4.78 is 38.0. The number of aliphatic carboxylic acids is 1. The van der Waals surface area contributed by atoms with Crippen LogP contribution in [0, 0.1) is 0 Å². The number of carboxylic acids is 1. The summed E-state index contributed by atoms with van der Waals surface area (Å²) in [5.74, 6) is -3.19. The number of nitrogens with one attached hydrogen (secondary N) is 2. The molecule has 0 aromatic carbocycles. The molecule has 5 nitrogen and oxygen atoms in total. The van der Waals surface area contributed by atoms with Gasteiger partial charge >= 0.3 is 12.1 Å². The molecule has 0 saturated carbocycles. The molecule has 0 aliphatic rings. The van der Waals surface area contributed by atoms with Gasteiger partial charge in [-0.2, -0.15) is 13.2 Å². The van der Waals surface area contributed by atoms with Gasteiger partial charge < -0.3 is 15.7 Å². The fourth-order valence-corrected chi connectivity index (χ4v) is 1.15. The van der Waals surface area contributed by atoms with E-state index in [-0.39, 0.29) is 0 Å². The van der Waals surface area contributed by atoms with E-state index in [4.69, 9.17) is 5.11 Å². The standard InChI is InChI=1S/C10H17F3N2O3/c1-5-14-8(2,3)6(16)15-9(4,7(17)18)10(11,12)13/h14H,5H2,1-4H3,(H,15,16)(H,17,18). The van der Waals surface area contributed by atoms with Crippen molar-refractivity contribution in [2.45, 2.75) is 44.9 Å².